The minimum absolute atomic E-state index is 0.265. The van der Waals surface area contributed by atoms with Gasteiger partial charge in [0.25, 0.3) is 0 Å². The van der Waals surface area contributed by atoms with Crippen molar-refractivity contribution in [1.82, 2.24) is 14.5 Å². The summed E-state index contributed by atoms with van der Waals surface area (Å²) in [5.74, 6) is 0.964. The number of imidazole rings is 1. The Balaban J connectivity index is 2.09. The van der Waals surface area contributed by atoms with Crippen LogP contribution < -0.4 is 10.6 Å². The van der Waals surface area contributed by atoms with Crippen molar-refractivity contribution in [3.63, 3.8) is 0 Å². The third-order valence-corrected chi connectivity index (χ3v) is 3.15. The molecule has 5 nitrogen and oxygen atoms in total. The minimum Gasteiger partial charge on any atom is -0.353 e. The van der Waals surface area contributed by atoms with E-state index in [1.165, 1.54) is 0 Å². The van der Waals surface area contributed by atoms with Gasteiger partial charge in [-0.2, -0.15) is 0 Å². The summed E-state index contributed by atoms with van der Waals surface area (Å²) >= 11 is 0. The van der Waals surface area contributed by atoms with Crippen LogP contribution in [-0.2, 0) is 7.05 Å². The van der Waals surface area contributed by atoms with Gasteiger partial charge in [0.2, 0.25) is 0 Å². The predicted molar refractivity (Wildman–Crippen MR) is 63.3 cm³/mol. The highest BCUT2D eigenvalue weighted by Crippen LogP contribution is 2.25. The maximum Gasteiger partial charge on any atom is 0.156 e. The van der Waals surface area contributed by atoms with Crippen LogP contribution in [0.15, 0.2) is 18.6 Å². The molecule has 2 aromatic rings. The molecule has 0 aliphatic carbocycles. The quantitative estimate of drug-likeness (QED) is 0.756. The molecule has 1 fully saturated rings. The first-order valence-electron chi connectivity index (χ1n) is 5.52. The molecule has 3 heterocycles. The van der Waals surface area contributed by atoms with Crippen LogP contribution in [0, 0.1) is 0 Å². The minimum atomic E-state index is 0.265. The molecule has 2 N–H and O–H groups in total. The number of anilines is 1. The Hall–Kier alpha value is -1.62. The lowest BCUT2D eigenvalue weighted by molar-refractivity contribution is 0.751. The number of hydrogen-bond acceptors (Lipinski definition) is 4. The Morgan fingerprint density at radius 2 is 2.31 bits per heavy atom. The Morgan fingerprint density at radius 1 is 1.44 bits per heavy atom. The van der Waals surface area contributed by atoms with Gasteiger partial charge in [-0.05, 0) is 12.5 Å². The first kappa shape index (κ1) is 9.59. The summed E-state index contributed by atoms with van der Waals surface area (Å²) in [5, 5.41) is 0. The highest BCUT2D eigenvalue weighted by Gasteiger charge is 2.22. The van der Waals surface area contributed by atoms with Crippen LogP contribution >= 0.6 is 0 Å². The first-order chi connectivity index (χ1) is 7.75. The van der Waals surface area contributed by atoms with E-state index in [0.29, 0.717) is 0 Å². The van der Waals surface area contributed by atoms with Gasteiger partial charge in [-0.15, -0.1) is 0 Å². The van der Waals surface area contributed by atoms with Gasteiger partial charge < -0.3 is 15.2 Å². The van der Waals surface area contributed by atoms with E-state index in [2.05, 4.69) is 14.9 Å². The number of fused-ring (bicyclic) bond motifs is 1. The molecule has 3 rings (SSSR count). The Morgan fingerprint density at radius 3 is 3.06 bits per heavy atom. The summed E-state index contributed by atoms with van der Waals surface area (Å²) in [6, 6.07) is 2.25. The molecule has 1 saturated heterocycles. The lowest BCUT2D eigenvalue weighted by Gasteiger charge is -2.16. The molecule has 0 radical (unpaired) electrons. The van der Waals surface area contributed by atoms with Crippen LogP contribution in [-0.4, -0.2) is 33.7 Å². The summed E-state index contributed by atoms with van der Waals surface area (Å²) < 4.78 is 2.01. The largest absolute Gasteiger partial charge is 0.353 e. The maximum absolute atomic E-state index is 5.92. The highest BCUT2D eigenvalue weighted by atomic mass is 15.2. The average molecular weight is 217 g/mol. The molecule has 84 valence electrons. The van der Waals surface area contributed by atoms with Gasteiger partial charge in [-0.25, -0.2) is 9.97 Å². The second kappa shape index (κ2) is 3.45. The monoisotopic (exact) mass is 217 g/mol. The molecule has 5 heteroatoms. The maximum atomic E-state index is 5.92. The van der Waals surface area contributed by atoms with Crippen LogP contribution in [0.4, 0.5) is 5.82 Å². The first-order valence-corrected chi connectivity index (χ1v) is 5.52. The number of hydrogen-bond donors (Lipinski definition) is 1. The van der Waals surface area contributed by atoms with Crippen LogP contribution in [0.3, 0.4) is 0 Å². The van der Waals surface area contributed by atoms with Gasteiger partial charge in [0.1, 0.15) is 5.52 Å². The summed E-state index contributed by atoms with van der Waals surface area (Å²) in [5.41, 5.74) is 8.00. The van der Waals surface area contributed by atoms with Crippen molar-refractivity contribution in [2.45, 2.75) is 12.5 Å². The van der Waals surface area contributed by atoms with Gasteiger partial charge in [0.15, 0.2) is 5.82 Å². The van der Waals surface area contributed by atoms with E-state index in [4.69, 9.17) is 5.73 Å². The molecular weight excluding hydrogens is 202 g/mol. The normalized spacial score (nSPS) is 20.9. The Labute approximate surface area is 93.9 Å². The molecule has 0 amide bonds. The molecule has 1 atom stereocenters. The molecule has 0 bridgehead atoms. The van der Waals surface area contributed by atoms with Gasteiger partial charge in [0.05, 0.1) is 11.8 Å². The van der Waals surface area contributed by atoms with E-state index in [1.54, 1.807) is 0 Å². The number of pyridine rings is 1. The predicted octanol–water partition coefficient (Wildman–Crippen LogP) is 0.506. The summed E-state index contributed by atoms with van der Waals surface area (Å²) in [7, 11) is 1.99. The third-order valence-electron chi connectivity index (χ3n) is 3.15. The fourth-order valence-corrected chi connectivity index (χ4v) is 2.26. The Bertz CT molecular complexity index is 518. The lowest BCUT2D eigenvalue weighted by atomic mass is 10.3. The standard InChI is InChI=1S/C11H15N5/c1-15-7-14-10-9(15)2-4-13-11(10)16-5-3-8(12)6-16/h2,4,7-8H,3,5-6,12H2,1H3. The molecule has 1 aliphatic heterocycles. The van der Waals surface area contributed by atoms with Crippen molar-refractivity contribution in [3.8, 4) is 0 Å². The number of nitrogens with zero attached hydrogens (tertiary/aromatic N) is 4. The summed E-state index contributed by atoms with van der Waals surface area (Å²) in [6.45, 7) is 1.85. The molecule has 0 aromatic carbocycles. The zero-order valence-corrected chi connectivity index (χ0v) is 9.30. The molecule has 0 spiro atoms. The molecular formula is C11H15N5. The topological polar surface area (TPSA) is 60.0 Å². The third kappa shape index (κ3) is 1.36. The van der Waals surface area contributed by atoms with Crippen molar-refractivity contribution in [2.24, 2.45) is 12.8 Å². The lowest BCUT2D eigenvalue weighted by Crippen LogP contribution is -2.27. The number of rotatable bonds is 1. The molecule has 1 aliphatic rings. The molecule has 2 aromatic heterocycles. The van der Waals surface area contributed by atoms with E-state index < -0.39 is 0 Å². The van der Waals surface area contributed by atoms with Gasteiger partial charge >= 0.3 is 0 Å². The molecule has 16 heavy (non-hydrogen) atoms. The number of nitrogens with two attached hydrogens (primary N) is 1. The van der Waals surface area contributed by atoms with Crippen molar-refractivity contribution >= 4 is 16.9 Å². The zero-order valence-electron chi connectivity index (χ0n) is 9.30. The molecule has 0 saturated carbocycles. The summed E-state index contributed by atoms with van der Waals surface area (Å²) in [4.78, 5) is 11.1. The van der Waals surface area contributed by atoms with Crippen molar-refractivity contribution in [1.29, 1.82) is 0 Å². The second-order valence-corrected chi connectivity index (χ2v) is 4.35. The highest BCUT2D eigenvalue weighted by molar-refractivity contribution is 5.86. The number of aromatic nitrogens is 3. The number of aryl methyl sites for hydroxylation is 1. The van der Waals surface area contributed by atoms with E-state index in [1.807, 2.05) is 30.2 Å². The van der Waals surface area contributed by atoms with Crippen molar-refractivity contribution < 1.29 is 0 Å². The fourth-order valence-electron chi connectivity index (χ4n) is 2.26. The Kier molecular flexibility index (Phi) is 2.07. The second-order valence-electron chi connectivity index (χ2n) is 4.35. The smallest absolute Gasteiger partial charge is 0.156 e. The van der Waals surface area contributed by atoms with E-state index in [0.717, 1.165) is 36.4 Å². The summed E-state index contributed by atoms with van der Waals surface area (Å²) in [6.07, 6.45) is 4.69. The van der Waals surface area contributed by atoms with Crippen molar-refractivity contribution in [2.75, 3.05) is 18.0 Å². The van der Waals surface area contributed by atoms with Crippen LogP contribution in [0.1, 0.15) is 6.42 Å². The van der Waals surface area contributed by atoms with E-state index in [9.17, 15) is 0 Å². The SMILES string of the molecule is Cn1cnc2c(N3CCC(N)C3)nccc21. The fraction of sp³-hybridized carbons (Fsp3) is 0.455. The average Bonchev–Trinajstić information content (AvgIpc) is 2.86. The van der Waals surface area contributed by atoms with Gasteiger partial charge in [0, 0.05) is 32.4 Å². The van der Waals surface area contributed by atoms with Gasteiger partial charge in [-0.3, -0.25) is 0 Å². The van der Waals surface area contributed by atoms with Gasteiger partial charge in [-0.1, -0.05) is 0 Å². The van der Waals surface area contributed by atoms with E-state index in [-0.39, 0.29) is 6.04 Å². The van der Waals surface area contributed by atoms with E-state index >= 15 is 0 Å². The van der Waals surface area contributed by atoms with Crippen LogP contribution in [0.5, 0.6) is 0 Å². The van der Waals surface area contributed by atoms with Crippen LogP contribution in [0.2, 0.25) is 0 Å². The van der Waals surface area contributed by atoms with Crippen molar-refractivity contribution in [3.05, 3.63) is 18.6 Å². The zero-order chi connectivity index (χ0) is 11.1. The van der Waals surface area contributed by atoms with Crippen LogP contribution in [0.25, 0.3) is 11.0 Å². The molecule has 1 unspecified atom stereocenters.